The molecule has 3 N–H and O–H groups in total. The number of amides is 3. The zero-order valence-electron chi connectivity index (χ0n) is 24.3. The minimum absolute atomic E-state index is 0.0374. The van der Waals surface area contributed by atoms with E-state index in [4.69, 9.17) is 9.47 Å². The molecule has 9 heteroatoms. The fourth-order valence-corrected chi connectivity index (χ4v) is 3.81. The largest absolute Gasteiger partial charge is 0.461 e. The fraction of sp³-hybridized carbons (Fsp3) is 0.655. The Kier molecular flexibility index (Phi) is 13.9. The smallest absolute Gasteiger partial charge is 0.407 e. The average Bonchev–Trinajstić information content (AvgIpc) is 2.79. The molecular weight excluding hydrogens is 486 g/mol. The van der Waals surface area contributed by atoms with Gasteiger partial charge in [-0.15, -0.1) is 0 Å². The molecule has 0 radical (unpaired) electrons. The molecule has 0 aliphatic heterocycles. The standard InChI is InChI=1S/C29H47N3O6/c1-19(2)14-23(27(35)37-18-22-12-10-9-11-13-22)16-30-25(33)15-21(5)32-26(34)24(20(3)4)17-31-28(36)38-29(6,7)8/h9-13,19-21,23-24H,14-18H2,1-8H3,(H,30,33)(H,31,36)(H,32,34)/t21?,23-,24+/m0/s1. The van der Waals surface area contributed by atoms with Gasteiger partial charge in [0.25, 0.3) is 0 Å². The monoisotopic (exact) mass is 533 g/mol. The molecular formula is C29H47N3O6. The zero-order chi connectivity index (χ0) is 28.9. The predicted molar refractivity (Wildman–Crippen MR) is 147 cm³/mol. The summed E-state index contributed by atoms with van der Waals surface area (Å²) < 4.78 is 10.7. The fourth-order valence-electron chi connectivity index (χ4n) is 3.81. The van der Waals surface area contributed by atoms with Gasteiger partial charge in [0, 0.05) is 25.6 Å². The Balaban J connectivity index is 2.56. The van der Waals surface area contributed by atoms with Crippen LogP contribution in [0.2, 0.25) is 0 Å². The first-order valence-electron chi connectivity index (χ1n) is 13.4. The summed E-state index contributed by atoms with van der Waals surface area (Å²) in [5, 5.41) is 8.33. The molecule has 0 fully saturated rings. The molecule has 0 saturated heterocycles. The molecule has 0 aliphatic rings. The number of hydrogen-bond acceptors (Lipinski definition) is 6. The van der Waals surface area contributed by atoms with Crippen LogP contribution in [-0.2, 0) is 30.5 Å². The summed E-state index contributed by atoms with van der Waals surface area (Å²) in [7, 11) is 0. The molecule has 9 nitrogen and oxygen atoms in total. The average molecular weight is 534 g/mol. The Hall–Kier alpha value is -3.10. The second-order valence-electron chi connectivity index (χ2n) is 11.6. The highest BCUT2D eigenvalue weighted by Crippen LogP contribution is 2.15. The van der Waals surface area contributed by atoms with Crippen LogP contribution in [-0.4, -0.2) is 48.6 Å². The van der Waals surface area contributed by atoms with Crippen molar-refractivity contribution in [3.63, 3.8) is 0 Å². The quantitative estimate of drug-likeness (QED) is 0.308. The number of alkyl carbamates (subject to hydrolysis) is 1. The SMILES string of the molecule is CC(C)C[C@@H](CNC(=O)CC(C)NC(=O)[C@H](CNC(=O)OC(C)(C)C)C(C)C)C(=O)OCc1ccccc1. The van der Waals surface area contributed by atoms with Gasteiger partial charge in [0.1, 0.15) is 12.2 Å². The summed E-state index contributed by atoms with van der Waals surface area (Å²) in [6.45, 7) is 15.3. The first kappa shape index (κ1) is 32.9. The lowest BCUT2D eigenvalue weighted by molar-refractivity contribution is -0.150. The molecule has 38 heavy (non-hydrogen) atoms. The topological polar surface area (TPSA) is 123 Å². The first-order valence-corrected chi connectivity index (χ1v) is 13.4. The number of hydrogen-bond donors (Lipinski definition) is 3. The Labute approximate surface area is 227 Å². The van der Waals surface area contributed by atoms with E-state index >= 15 is 0 Å². The molecule has 0 saturated carbocycles. The molecule has 0 bridgehead atoms. The summed E-state index contributed by atoms with van der Waals surface area (Å²) in [6.07, 6.45) is 0.0614. The number of carbonyl (C=O) groups is 4. The van der Waals surface area contributed by atoms with Crippen LogP contribution in [0.4, 0.5) is 4.79 Å². The Bertz CT molecular complexity index is 895. The lowest BCUT2D eigenvalue weighted by Gasteiger charge is -2.25. The van der Waals surface area contributed by atoms with Gasteiger partial charge >= 0.3 is 12.1 Å². The van der Waals surface area contributed by atoms with Crippen LogP contribution >= 0.6 is 0 Å². The molecule has 1 rings (SSSR count). The normalized spacial score (nSPS) is 13.8. The lowest BCUT2D eigenvalue weighted by atomic mass is 9.94. The second-order valence-corrected chi connectivity index (χ2v) is 11.6. The molecule has 1 unspecified atom stereocenters. The predicted octanol–water partition coefficient (Wildman–Crippen LogP) is 4.20. The van der Waals surface area contributed by atoms with E-state index in [1.54, 1.807) is 27.7 Å². The number of nitrogens with one attached hydrogen (secondary N) is 3. The van der Waals surface area contributed by atoms with Gasteiger partial charge in [-0.3, -0.25) is 14.4 Å². The molecule has 0 spiro atoms. The van der Waals surface area contributed by atoms with Crippen LogP contribution in [0.5, 0.6) is 0 Å². The third-order valence-electron chi connectivity index (χ3n) is 5.75. The molecule has 3 amide bonds. The van der Waals surface area contributed by atoms with Crippen LogP contribution < -0.4 is 16.0 Å². The molecule has 0 heterocycles. The third-order valence-corrected chi connectivity index (χ3v) is 5.75. The highest BCUT2D eigenvalue weighted by molar-refractivity contribution is 5.82. The third kappa shape index (κ3) is 14.0. The van der Waals surface area contributed by atoms with Crippen molar-refractivity contribution in [1.29, 1.82) is 0 Å². The van der Waals surface area contributed by atoms with Crippen molar-refractivity contribution in [2.75, 3.05) is 13.1 Å². The highest BCUT2D eigenvalue weighted by atomic mass is 16.6. The van der Waals surface area contributed by atoms with Crippen LogP contribution in [0.1, 0.15) is 73.8 Å². The maximum absolute atomic E-state index is 12.8. The summed E-state index contributed by atoms with van der Waals surface area (Å²) in [4.78, 5) is 50.1. The Morgan fingerprint density at radius 2 is 1.53 bits per heavy atom. The minimum Gasteiger partial charge on any atom is -0.461 e. The Morgan fingerprint density at radius 3 is 2.08 bits per heavy atom. The molecule has 214 valence electrons. The van der Waals surface area contributed by atoms with E-state index < -0.39 is 29.6 Å². The van der Waals surface area contributed by atoms with Gasteiger partial charge in [-0.1, -0.05) is 58.0 Å². The van der Waals surface area contributed by atoms with Crippen molar-refractivity contribution in [2.24, 2.45) is 23.7 Å². The summed E-state index contributed by atoms with van der Waals surface area (Å²) in [6, 6.07) is 9.01. The lowest BCUT2D eigenvalue weighted by Crippen LogP contribution is -2.46. The molecule has 1 aromatic rings. The van der Waals surface area contributed by atoms with Gasteiger partial charge in [0.15, 0.2) is 0 Å². The van der Waals surface area contributed by atoms with Crippen molar-refractivity contribution in [3.05, 3.63) is 35.9 Å². The summed E-state index contributed by atoms with van der Waals surface area (Å²) >= 11 is 0. The maximum Gasteiger partial charge on any atom is 0.407 e. The van der Waals surface area contributed by atoms with Crippen molar-refractivity contribution in [1.82, 2.24) is 16.0 Å². The first-order chi connectivity index (χ1) is 17.7. The van der Waals surface area contributed by atoms with E-state index in [9.17, 15) is 19.2 Å². The van der Waals surface area contributed by atoms with Crippen molar-refractivity contribution < 1.29 is 28.7 Å². The van der Waals surface area contributed by atoms with Crippen molar-refractivity contribution in [2.45, 2.75) is 86.5 Å². The van der Waals surface area contributed by atoms with Gasteiger partial charge in [-0.25, -0.2) is 4.79 Å². The second kappa shape index (κ2) is 16.0. The minimum atomic E-state index is -0.631. The number of carbonyl (C=O) groups excluding carboxylic acids is 4. The molecule has 0 aromatic heterocycles. The van der Waals surface area contributed by atoms with Crippen molar-refractivity contribution in [3.8, 4) is 0 Å². The molecule has 1 aromatic carbocycles. The Morgan fingerprint density at radius 1 is 0.895 bits per heavy atom. The van der Waals surface area contributed by atoms with Crippen molar-refractivity contribution >= 4 is 23.9 Å². The van der Waals surface area contributed by atoms with Gasteiger partial charge in [0.2, 0.25) is 11.8 Å². The van der Waals surface area contributed by atoms with E-state index in [0.29, 0.717) is 6.42 Å². The van der Waals surface area contributed by atoms with Gasteiger partial charge in [-0.05, 0) is 51.5 Å². The van der Waals surface area contributed by atoms with Crippen LogP contribution in [0.25, 0.3) is 0 Å². The summed E-state index contributed by atoms with van der Waals surface area (Å²) in [5.41, 5.74) is 0.271. The van der Waals surface area contributed by atoms with Crippen LogP contribution in [0, 0.1) is 23.7 Å². The van der Waals surface area contributed by atoms with E-state index in [1.807, 2.05) is 58.0 Å². The van der Waals surface area contributed by atoms with E-state index in [1.165, 1.54) is 0 Å². The molecule has 0 aliphatic carbocycles. The van der Waals surface area contributed by atoms with Gasteiger partial charge in [0.05, 0.1) is 11.8 Å². The van der Waals surface area contributed by atoms with E-state index in [2.05, 4.69) is 16.0 Å². The zero-order valence-corrected chi connectivity index (χ0v) is 24.3. The number of ether oxygens (including phenoxy) is 2. The number of rotatable bonds is 14. The van der Waals surface area contributed by atoms with Gasteiger partial charge < -0.3 is 25.4 Å². The van der Waals surface area contributed by atoms with E-state index in [0.717, 1.165) is 5.56 Å². The highest BCUT2D eigenvalue weighted by Gasteiger charge is 2.27. The number of esters is 1. The maximum atomic E-state index is 12.8. The number of benzene rings is 1. The van der Waals surface area contributed by atoms with Crippen LogP contribution in [0.3, 0.4) is 0 Å². The van der Waals surface area contributed by atoms with E-state index in [-0.39, 0.29) is 55.7 Å². The molecule has 3 atom stereocenters. The van der Waals surface area contributed by atoms with Crippen LogP contribution in [0.15, 0.2) is 30.3 Å². The summed E-state index contributed by atoms with van der Waals surface area (Å²) in [5.74, 6) is -1.60. The van der Waals surface area contributed by atoms with Gasteiger partial charge in [-0.2, -0.15) is 0 Å².